The third-order valence-electron chi connectivity index (χ3n) is 10.5. The number of ether oxygens (including phenoxy) is 2. The Morgan fingerprint density at radius 2 is 1.74 bits per heavy atom. The van der Waals surface area contributed by atoms with E-state index in [4.69, 9.17) is 15.2 Å². The van der Waals surface area contributed by atoms with Crippen LogP contribution in [0.4, 0.5) is 5.82 Å². The van der Waals surface area contributed by atoms with E-state index in [-0.39, 0.29) is 34.6 Å². The molecule has 2 N–H and O–H groups in total. The highest BCUT2D eigenvalue weighted by Crippen LogP contribution is 2.31. The summed E-state index contributed by atoms with van der Waals surface area (Å²) in [4.78, 5) is 39.1. The maximum absolute atomic E-state index is 14.3. The molecule has 3 fully saturated rings. The summed E-state index contributed by atoms with van der Waals surface area (Å²) in [7, 11) is 0. The molecular weight excluding hydrogens is 632 g/mol. The second kappa shape index (κ2) is 13.4. The number of piperazine rings is 1. The molecule has 3 aliphatic heterocycles. The first kappa shape index (κ1) is 33.5. The number of amides is 1. The summed E-state index contributed by atoms with van der Waals surface area (Å²) in [5.41, 5.74) is 7.64. The van der Waals surface area contributed by atoms with Crippen molar-refractivity contribution in [2.45, 2.75) is 50.7 Å². The highest BCUT2D eigenvalue weighted by atomic mass is 16.5. The monoisotopic (exact) mass is 676 g/mol. The lowest BCUT2D eigenvalue weighted by molar-refractivity contribution is -0.142. The lowest BCUT2D eigenvalue weighted by Crippen LogP contribution is -2.66. The predicted molar refractivity (Wildman–Crippen MR) is 191 cm³/mol. The van der Waals surface area contributed by atoms with Crippen LogP contribution in [0, 0.1) is 11.3 Å². The molecule has 3 aliphatic rings. The van der Waals surface area contributed by atoms with Crippen molar-refractivity contribution in [1.82, 2.24) is 28.8 Å². The number of nitrogen functional groups attached to an aromatic ring is 1. The molecule has 0 radical (unpaired) electrons. The van der Waals surface area contributed by atoms with E-state index >= 15 is 0 Å². The lowest BCUT2D eigenvalue weighted by Gasteiger charge is -2.52. The number of aromatic nitrogens is 3. The fourth-order valence-electron chi connectivity index (χ4n) is 7.58. The van der Waals surface area contributed by atoms with Crippen LogP contribution in [0.5, 0.6) is 11.5 Å². The van der Waals surface area contributed by atoms with Crippen LogP contribution >= 0.6 is 0 Å². The molecule has 0 unspecified atom stereocenters. The molecule has 1 atom stereocenters. The number of carbonyl (C=O) groups excluding carboxylic acids is 1. The molecule has 1 amide bonds. The minimum absolute atomic E-state index is 0.100. The van der Waals surface area contributed by atoms with Gasteiger partial charge in [-0.3, -0.25) is 23.7 Å². The van der Waals surface area contributed by atoms with Gasteiger partial charge in [-0.25, -0.2) is 9.78 Å². The van der Waals surface area contributed by atoms with E-state index in [2.05, 4.69) is 41.6 Å². The summed E-state index contributed by atoms with van der Waals surface area (Å²) >= 11 is 0. The molecule has 0 aliphatic carbocycles. The average Bonchev–Trinajstić information content (AvgIpc) is 3.42. The summed E-state index contributed by atoms with van der Waals surface area (Å²) in [6.45, 7) is 12.2. The number of fused-ring (bicyclic) bond motifs is 1. The van der Waals surface area contributed by atoms with E-state index in [1.807, 2.05) is 60.7 Å². The number of carbonyl (C=O) groups is 1. The van der Waals surface area contributed by atoms with Gasteiger partial charge in [0, 0.05) is 51.0 Å². The molecule has 12 nitrogen and oxygen atoms in total. The lowest BCUT2D eigenvalue weighted by atomic mass is 9.94. The molecule has 3 saturated heterocycles. The molecule has 4 aromatic rings. The van der Waals surface area contributed by atoms with Crippen LogP contribution in [-0.4, -0.2) is 98.3 Å². The van der Waals surface area contributed by atoms with Gasteiger partial charge in [0.25, 0.3) is 5.91 Å². The molecule has 0 spiro atoms. The zero-order chi connectivity index (χ0) is 35.0. The summed E-state index contributed by atoms with van der Waals surface area (Å²) in [5, 5.41) is 10.2. The van der Waals surface area contributed by atoms with Crippen molar-refractivity contribution in [2.75, 3.05) is 58.2 Å². The summed E-state index contributed by atoms with van der Waals surface area (Å²) in [5.74, 6) is 1.27. The Balaban J connectivity index is 1.12. The molecule has 50 heavy (non-hydrogen) atoms. The normalized spacial score (nSPS) is 20.3. The number of anilines is 1. The largest absolute Gasteiger partial charge is 0.457 e. The summed E-state index contributed by atoms with van der Waals surface area (Å²) < 4.78 is 14.7. The molecule has 7 rings (SSSR count). The number of nitrogens with zero attached hydrogens (tertiary/aromatic N) is 7. The van der Waals surface area contributed by atoms with Gasteiger partial charge in [0.2, 0.25) is 0 Å². The van der Waals surface area contributed by atoms with Gasteiger partial charge < -0.3 is 20.1 Å². The Labute approximate surface area is 291 Å². The zero-order valence-corrected chi connectivity index (χ0v) is 28.9. The van der Waals surface area contributed by atoms with E-state index in [0.29, 0.717) is 54.2 Å². The highest BCUT2D eigenvalue weighted by Gasteiger charge is 2.42. The SMILES string of the molecule is CC(C)(/C=C(/C#N)C(=O)N1CCC[C@@H](n2c(=O)n(-c3ccc(Oc4ccccc4)cc3)c3c(N)nccc32)C1)N1CCN(C2(C)COC2)CC1. The van der Waals surface area contributed by atoms with E-state index in [1.165, 1.54) is 0 Å². The first-order chi connectivity index (χ1) is 24.1. The summed E-state index contributed by atoms with van der Waals surface area (Å²) in [6, 6.07) is 20.4. The highest BCUT2D eigenvalue weighted by molar-refractivity contribution is 5.97. The standard InChI is InChI=1S/C38H44N8O4/c1-37(2,43-18-20-44(21-19-43)38(3)25-49-26-38)22-27(23-39)35(47)42-17-7-8-29(24-42)45-32-15-16-41-34(40)33(32)46(36(45)48)28-11-13-31(14-12-28)50-30-9-5-4-6-10-30/h4-6,9-16,22,29H,7-8,17-21,24-26H2,1-3H3,(H2,40,41)/b27-22-/t29-/m1/s1. The van der Waals surface area contributed by atoms with Gasteiger partial charge >= 0.3 is 5.69 Å². The van der Waals surface area contributed by atoms with Crippen LogP contribution in [-0.2, 0) is 9.53 Å². The molecule has 2 aromatic carbocycles. The van der Waals surface area contributed by atoms with Crippen LogP contribution in [0.2, 0.25) is 0 Å². The Bertz CT molecular complexity index is 2000. The smallest absolute Gasteiger partial charge is 0.334 e. The Morgan fingerprint density at radius 1 is 1.04 bits per heavy atom. The number of imidazole rings is 1. The van der Waals surface area contributed by atoms with Crippen LogP contribution in [0.3, 0.4) is 0 Å². The number of likely N-dealkylation sites (tertiary alicyclic amines) is 1. The fourth-order valence-corrected chi connectivity index (χ4v) is 7.58. The Kier molecular flexibility index (Phi) is 8.98. The number of para-hydroxylation sites is 1. The van der Waals surface area contributed by atoms with Crippen molar-refractivity contribution < 1.29 is 14.3 Å². The number of hydrogen-bond donors (Lipinski definition) is 1. The first-order valence-corrected chi connectivity index (χ1v) is 17.3. The van der Waals surface area contributed by atoms with E-state index < -0.39 is 5.54 Å². The minimum Gasteiger partial charge on any atom is -0.457 e. The maximum Gasteiger partial charge on any atom is 0.334 e. The molecule has 0 bridgehead atoms. The first-order valence-electron chi connectivity index (χ1n) is 17.3. The van der Waals surface area contributed by atoms with E-state index in [0.717, 1.165) is 39.4 Å². The van der Waals surface area contributed by atoms with Crippen molar-refractivity contribution in [2.24, 2.45) is 0 Å². The second-order valence-electron chi connectivity index (χ2n) is 14.3. The molecule has 2 aromatic heterocycles. The van der Waals surface area contributed by atoms with Gasteiger partial charge in [-0.1, -0.05) is 18.2 Å². The molecular formula is C38H44N8O4. The van der Waals surface area contributed by atoms with Crippen molar-refractivity contribution in [1.29, 1.82) is 5.26 Å². The Morgan fingerprint density at radius 3 is 2.40 bits per heavy atom. The third-order valence-corrected chi connectivity index (χ3v) is 10.5. The topological polar surface area (TPSA) is 135 Å². The van der Waals surface area contributed by atoms with Gasteiger partial charge in [-0.15, -0.1) is 0 Å². The van der Waals surface area contributed by atoms with Crippen molar-refractivity contribution >= 4 is 22.8 Å². The van der Waals surface area contributed by atoms with Gasteiger partial charge in [0.15, 0.2) is 0 Å². The number of piperidine rings is 1. The quantitative estimate of drug-likeness (QED) is 0.213. The van der Waals surface area contributed by atoms with E-state index in [1.54, 1.807) is 26.3 Å². The predicted octanol–water partition coefficient (Wildman–Crippen LogP) is 4.36. The summed E-state index contributed by atoms with van der Waals surface area (Å²) in [6.07, 6.45) is 4.80. The molecule has 12 heteroatoms. The van der Waals surface area contributed by atoms with Crippen LogP contribution in [0.25, 0.3) is 16.7 Å². The maximum atomic E-state index is 14.3. The number of nitrogens with two attached hydrogens (primary N) is 1. The van der Waals surface area contributed by atoms with Gasteiger partial charge in [-0.2, -0.15) is 5.26 Å². The minimum atomic E-state index is -0.490. The van der Waals surface area contributed by atoms with Crippen molar-refractivity contribution in [3.8, 4) is 23.3 Å². The van der Waals surface area contributed by atoms with Crippen LogP contribution in [0.15, 0.2) is 83.3 Å². The second-order valence-corrected chi connectivity index (χ2v) is 14.3. The van der Waals surface area contributed by atoms with Gasteiger partial charge in [-0.05, 0) is 82.2 Å². The van der Waals surface area contributed by atoms with Crippen molar-refractivity contribution in [3.05, 3.63) is 89.0 Å². The Hall–Kier alpha value is -4.96. The number of pyridine rings is 1. The average molecular weight is 677 g/mol. The molecule has 5 heterocycles. The van der Waals surface area contributed by atoms with E-state index in [9.17, 15) is 14.9 Å². The van der Waals surface area contributed by atoms with Gasteiger partial charge in [0.05, 0.1) is 36.0 Å². The third kappa shape index (κ3) is 6.28. The van der Waals surface area contributed by atoms with Crippen LogP contribution < -0.4 is 16.2 Å². The fraction of sp³-hybridized carbons (Fsp3) is 0.421. The number of rotatable bonds is 8. The number of hydrogen-bond acceptors (Lipinski definition) is 9. The molecule has 260 valence electrons. The molecule has 0 saturated carbocycles. The van der Waals surface area contributed by atoms with Gasteiger partial charge in [0.1, 0.15) is 34.5 Å². The number of benzene rings is 2. The number of nitriles is 1. The zero-order valence-electron chi connectivity index (χ0n) is 28.9. The van der Waals surface area contributed by atoms with Crippen LogP contribution in [0.1, 0.15) is 39.7 Å². The van der Waals surface area contributed by atoms with Crippen molar-refractivity contribution in [3.63, 3.8) is 0 Å².